The van der Waals surface area contributed by atoms with Crippen molar-refractivity contribution < 1.29 is 9.53 Å². The molecule has 14 heavy (non-hydrogen) atoms. The third-order valence-corrected chi connectivity index (χ3v) is 1.77. The number of esters is 1. The Morgan fingerprint density at radius 3 is 2.64 bits per heavy atom. The van der Waals surface area contributed by atoms with E-state index in [0.29, 0.717) is 26.1 Å². The Balaban J connectivity index is 3.70. The van der Waals surface area contributed by atoms with Gasteiger partial charge in [-0.3, -0.25) is 9.69 Å². The van der Waals surface area contributed by atoms with E-state index >= 15 is 0 Å². The molecule has 0 bridgehead atoms. The lowest BCUT2D eigenvalue weighted by molar-refractivity contribution is -0.143. The molecule has 4 heteroatoms. The molecule has 0 aromatic rings. The maximum Gasteiger partial charge on any atom is 0.307 e. The summed E-state index contributed by atoms with van der Waals surface area (Å²) in [5, 5.41) is 8.52. The molecule has 0 amide bonds. The van der Waals surface area contributed by atoms with Gasteiger partial charge in [0.25, 0.3) is 0 Å². The summed E-state index contributed by atoms with van der Waals surface area (Å²) in [6, 6.07) is 2.08. The molecule has 0 aliphatic heterocycles. The summed E-state index contributed by atoms with van der Waals surface area (Å²) in [6.45, 7) is 6.11. The Bertz CT molecular complexity index is 199. The molecule has 0 aliphatic carbocycles. The fourth-order valence-electron chi connectivity index (χ4n) is 1.17. The number of carbonyl (C=O) groups excluding carboxylic acids is 1. The van der Waals surface area contributed by atoms with E-state index in [4.69, 9.17) is 10.00 Å². The van der Waals surface area contributed by atoms with E-state index in [0.717, 1.165) is 13.0 Å². The zero-order chi connectivity index (χ0) is 10.8. The van der Waals surface area contributed by atoms with E-state index in [1.165, 1.54) is 0 Å². The summed E-state index contributed by atoms with van der Waals surface area (Å²) < 4.78 is 4.80. The minimum Gasteiger partial charge on any atom is -0.466 e. The van der Waals surface area contributed by atoms with Gasteiger partial charge in [0.05, 0.1) is 25.6 Å². The van der Waals surface area contributed by atoms with E-state index in [2.05, 4.69) is 13.0 Å². The average molecular weight is 198 g/mol. The quantitative estimate of drug-likeness (QED) is 0.455. The molecule has 0 unspecified atom stereocenters. The van der Waals surface area contributed by atoms with Crippen LogP contribution in [-0.4, -0.2) is 37.1 Å². The van der Waals surface area contributed by atoms with Crippen LogP contribution in [0.5, 0.6) is 0 Å². The minimum absolute atomic E-state index is 0.188. The first-order valence-corrected chi connectivity index (χ1v) is 4.99. The summed E-state index contributed by atoms with van der Waals surface area (Å²) in [6.07, 6.45) is 1.36. The lowest BCUT2D eigenvalue weighted by atomic mass is 10.3. The Morgan fingerprint density at radius 2 is 2.14 bits per heavy atom. The predicted molar refractivity (Wildman–Crippen MR) is 53.6 cm³/mol. The zero-order valence-corrected chi connectivity index (χ0v) is 8.95. The van der Waals surface area contributed by atoms with Gasteiger partial charge >= 0.3 is 5.97 Å². The van der Waals surface area contributed by atoms with Gasteiger partial charge in [-0.1, -0.05) is 6.92 Å². The molecule has 0 rings (SSSR count). The molecule has 0 atom stereocenters. The second-order valence-corrected chi connectivity index (χ2v) is 2.99. The van der Waals surface area contributed by atoms with Crippen LogP contribution in [0, 0.1) is 11.3 Å². The molecule has 0 radical (unpaired) electrons. The number of hydrogen-bond donors (Lipinski definition) is 0. The largest absolute Gasteiger partial charge is 0.466 e. The molecule has 0 saturated heterocycles. The van der Waals surface area contributed by atoms with Crippen LogP contribution in [0.15, 0.2) is 0 Å². The normalized spacial score (nSPS) is 9.86. The van der Waals surface area contributed by atoms with Gasteiger partial charge in [-0.15, -0.1) is 0 Å². The summed E-state index contributed by atoms with van der Waals surface area (Å²) >= 11 is 0. The standard InChI is InChI=1S/C10H18N2O2/c1-3-7-12(9-6-11)8-5-10(13)14-4-2/h3-5,7-9H2,1-2H3. The molecular weight excluding hydrogens is 180 g/mol. The SMILES string of the molecule is CCCN(CC#N)CCC(=O)OCC. The third kappa shape index (κ3) is 6.44. The highest BCUT2D eigenvalue weighted by Crippen LogP contribution is 1.95. The second-order valence-electron chi connectivity index (χ2n) is 2.99. The maximum atomic E-state index is 11.0. The molecule has 0 aromatic heterocycles. The number of ether oxygens (including phenoxy) is 1. The highest BCUT2D eigenvalue weighted by molar-refractivity contribution is 5.69. The molecule has 0 fully saturated rings. The highest BCUT2D eigenvalue weighted by atomic mass is 16.5. The van der Waals surface area contributed by atoms with Crippen molar-refractivity contribution in [3.8, 4) is 6.07 Å². The molecule has 0 aromatic carbocycles. The summed E-state index contributed by atoms with van der Waals surface area (Å²) in [4.78, 5) is 13.0. The number of hydrogen-bond acceptors (Lipinski definition) is 4. The number of carbonyl (C=O) groups is 1. The van der Waals surface area contributed by atoms with Gasteiger partial charge < -0.3 is 4.74 Å². The van der Waals surface area contributed by atoms with E-state index in [-0.39, 0.29) is 5.97 Å². The number of nitrogens with zero attached hydrogens (tertiary/aromatic N) is 2. The van der Waals surface area contributed by atoms with Crippen LogP contribution in [0.3, 0.4) is 0 Å². The Hall–Kier alpha value is -1.08. The number of rotatable bonds is 7. The first-order valence-electron chi connectivity index (χ1n) is 4.99. The molecule has 0 saturated carbocycles. The zero-order valence-electron chi connectivity index (χ0n) is 8.95. The molecule has 4 nitrogen and oxygen atoms in total. The lowest BCUT2D eigenvalue weighted by Gasteiger charge is -2.16. The van der Waals surface area contributed by atoms with Gasteiger partial charge in [-0.05, 0) is 19.9 Å². The molecule has 0 spiro atoms. The van der Waals surface area contributed by atoms with Gasteiger partial charge in [-0.25, -0.2) is 0 Å². The monoisotopic (exact) mass is 198 g/mol. The van der Waals surface area contributed by atoms with Crippen molar-refractivity contribution in [2.24, 2.45) is 0 Å². The van der Waals surface area contributed by atoms with Crippen molar-refractivity contribution in [2.45, 2.75) is 26.7 Å². The minimum atomic E-state index is -0.188. The van der Waals surface area contributed by atoms with Crippen molar-refractivity contribution in [3.05, 3.63) is 0 Å². The first-order chi connectivity index (χ1) is 6.74. The van der Waals surface area contributed by atoms with Crippen LogP contribution in [0.2, 0.25) is 0 Å². The lowest BCUT2D eigenvalue weighted by Crippen LogP contribution is -2.28. The van der Waals surface area contributed by atoms with Crippen LogP contribution in [0.25, 0.3) is 0 Å². The van der Waals surface area contributed by atoms with Crippen LogP contribution in [-0.2, 0) is 9.53 Å². The van der Waals surface area contributed by atoms with Crippen molar-refractivity contribution in [3.63, 3.8) is 0 Å². The van der Waals surface area contributed by atoms with Crippen LogP contribution >= 0.6 is 0 Å². The molecule has 0 aliphatic rings. The Labute approximate surface area is 85.5 Å². The van der Waals surface area contributed by atoms with Crippen LogP contribution in [0.1, 0.15) is 26.7 Å². The maximum absolute atomic E-state index is 11.0. The molecule has 0 N–H and O–H groups in total. The van der Waals surface area contributed by atoms with E-state index in [1.807, 2.05) is 4.90 Å². The van der Waals surface area contributed by atoms with Gasteiger partial charge in [0, 0.05) is 6.54 Å². The van der Waals surface area contributed by atoms with Crippen molar-refractivity contribution >= 4 is 5.97 Å². The van der Waals surface area contributed by atoms with E-state index < -0.39 is 0 Å². The van der Waals surface area contributed by atoms with E-state index in [9.17, 15) is 4.79 Å². The topological polar surface area (TPSA) is 53.3 Å². The highest BCUT2D eigenvalue weighted by Gasteiger charge is 2.07. The average Bonchev–Trinajstić information content (AvgIpc) is 2.15. The summed E-state index contributed by atoms with van der Waals surface area (Å²) in [7, 11) is 0. The van der Waals surface area contributed by atoms with Crippen molar-refractivity contribution in [2.75, 3.05) is 26.2 Å². The smallest absolute Gasteiger partial charge is 0.307 e. The van der Waals surface area contributed by atoms with E-state index in [1.54, 1.807) is 6.92 Å². The number of nitriles is 1. The molecular formula is C10H18N2O2. The fraction of sp³-hybridized carbons (Fsp3) is 0.800. The summed E-state index contributed by atoms with van der Waals surface area (Å²) in [5.41, 5.74) is 0. The van der Waals surface area contributed by atoms with Crippen molar-refractivity contribution in [1.82, 2.24) is 4.90 Å². The Kier molecular flexibility index (Phi) is 7.86. The van der Waals surface area contributed by atoms with Gasteiger partial charge in [0.2, 0.25) is 0 Å². The van der Waals surface area contributed by atoms with Crippen LogP contribution < -0.4 is 0 Å². The first kappa shape index (κ1) is 12.9. The second kappa shape index (κ2) is 8.52. The van der Waals surface area contributed by atoms with Crippen molar-refractivity contribution in [1.29, 1.82) is 5.26 Å². The van der Waals surface area contributed by atoms with Gasteiger partial charge in [0.1, 0.15) is 0 Å². The molecule has 0 heterocycles. The van der Waals surface area contributed by atoms with Gasteiger partial charge in [-0.2, -0.15) is 5.26 Å². The fourth-order valence-corrected chi connectivity index (χ4v) is 1.17. The Morgan fingerprint density at radius 1 is 1.43 bits per heavy atom. The molecule has 80 valence electrons. The van der Waals surface area contributed by atoms with Gasteiger partial charge in [0.15, 0.2) is 0 Å². The summed E-state index contributed by atoms with van der Waals surface area (Å²) in [5.74, 6) is -0.188. The predicted octanol–water partition coefficient (Wildman–Crippen LogP) is 1.18. The van der Waals surface area contributed by atoms with Crippen LogP contribution in [0.4, 0.5) is 0 Å². The third-order valence-electron chi connectivity index (χ3n) is 1.77.